The second-order valence-corrected chi connectivity index (χ2v) is 7.70. The zero-order valence-corrected chi connectivity index (χ0v) is 16.1. The van der Waals surface area contributed by atoms with E-state index in [1.807, 2.05) is 23.6 Å². The lowest BCUT2D eigenvalue weighted by Crippen LogP contribution is -2.48. The Hall–Kier alpha value is -2.16. The van der Waals surface area contributed by atoms with Gasteiger partial charge in [-0.15, -0.1) is 16.4 Å². The Bertz CT molecular complexity index is 857. The summed E-state index contributed by atoms with van der Waals surface area (Å²) < 4.78 is 16.5. The molecule has 8 heteroatoms. The van der Waals surface area contributed by atoms with E-state index in [1.54, 1.807) is 22.1 Å². The number of halogens is 1. The van der Waals surface area contributed by atoms with Gasteiger partial charge in [0, 0.05) is 36.6 Å². The molecule has 0 saturated carbocycles. The molecule has 1 aliphatic rings. The number of benzene rings is 1. The average molecular weight is 387 g/mol. The van der Waals surface area contributed by atoms with Crippen LogP contribution in [0.5, 0.6) is 0 Å². The van der Waals surface area contributed by atoms with Crippen LogP contribution in [0.3, 0.4) is 0 Å². The molecule has 3 aromatic rings. The molecule has 6 nitrogen and oxygen atoms in total. The van der Waals surface area contributed by atoms with Crippen molar-refractivity contribution in [2.45, 2.75) is 19.5 Å². The van der Waals surface area contributed by atoms with Crippen LogP contribution in [0.1, 0.15) is 29.2 Å². The lowest BCUT2D eigenvalue weighted by molar-refractivity contribution is 0.107. The Kier molecular flexibility index (Phi) is 5.56. The van der Waals surface area contributed by atoms with Gasteiger partial charge >= 0.3 is 0 Å². The Morgan fingerprint density at radius 3 is 2.63 bits per heavy atom. The minimum atomic E-state index is -0.292. The fourth-order valence-corrected chi connectivity index (χ4v) is 4.29. The summed E-state index contributed by atoms with van der Waals surface area (Å²) in [7, 11) is 0. The summed E-state index contributed by atoms with van der Waals surface area (Å²) in [5.74, 6) is 0.476. The molecule has 0 unspecified atom stereocenters. The molecule has 0 bridgehead atoms. The van der Waals surface area contributed by atoms with Crippen LogP contribution in [0.4, 0.5) is 4.39 Å². The third kappa shape index (κ3) is 3.92. The minimum absolute atomic E-state index is 0.217. The standard InChI is InChI=1S/C19H23FN6S/c1-2-24-9-11-25(12-10-24)18(16-7-3-4-8-17(16)20)19-21-22-23-26(19)14-15-6-5-13-27-15/h3-8,13,18H,2,9-12,14H2,1H3/t18-/m0/s1. The van der Waals surface area contributed by atoms with Crippen molar-refractivity contribution in [3.63, 3.8) is 0 Å². The van der Waals surface area contributed by atoms with E-state index < -0.39 is 0 Å². The molecule has 142 valence electrons. The van der Waals surface area contributed by atoms with Gasteiger partial charge in [0.05, 0.1) is 6.54 Å². The zero-order valence-electron chi connectivity index (χ0n) is 15.3. The van der Waals surface area contributed by atoms with E-state index in [-0.39, 0.29) is 11.9 Å². The molecule has 3 heterocycles. The van der Waals surface area contributed by atoms with E-state index in [4.69, 9.17) is 0 Å². The molecule has 0 spiro atoms. The van der Waals surface area contributed by atoms with Gasteiger partial charge < -0.3 is 4.90 Å². The normalized spacial score (nSPS) is 17.3. The van der Waals surface area contributed by atoms with Crippen molar-refractivity contribution in [2.24, 2.45) is 0 Å². The Morgan fingerprint density at radius 2 is 1.93 bits per heavy atom. The molecule has 1 saturated heterocycles. The number of nitrogens with zero attached hydrogens (tertiary/aromatic N) is 6. The maximum absolute atomic E-state index is 14.7. The Labute approximate surface area is 162 Å². The van der Waals surface area contributed by atoms with Crippen molar-refractivity contribution in [3.8, 4) is 0 Å². The van der Waals surface area contributed by atoms with Crippen molar-refractivity contribution in [1.29, 1.82) is 0 Å². The molecule has 1 fully saturated rings. The first-order valence-corrected chi connectivity index (χ1v) is 10.1. The zero-order chi connectivity index (χ0) is 18.6. The molecule has 0 radical (unpaired) electrons. The predicted octanol–water partition coefficient (Wildman–Crippen LogP) is 2.65. The lowest BCUT2D eigenvalue weighted by Gasteiger charge is -2.38. The van der Waals surface area contributed by atoms with Crippen LogP contribution < -0.4 is 0 Å². The number of likely N-dealkylation sites (N-methyl/N-ethyl adjacent to an activating group) is 1. The van der Waals surface area contributed by atoms with E-state index in [1.165, 1.54) is 10.9 Å². The Morgan fingerprint density at radius 1 is 1.11 bits per heavy atom. The van der Waals surface area contributed by atoms with Crippen molar-refractivity contribution >= 4 is 11.3 Å². The quantitative estimate of drug-likeness (QED) is 0.652. The number of hydrogen-bond acceptors (Lipinski definition) is 6. The number of piperazine rings is 1. The third-order valence-electron chi connectivity index (χ3n) is 5.11. The first kappa shape index (κ1) is 18.2. The summed E-state index contributed by atoms with van der Waals surface area (Å²) in [5.41, 5.74) is 0.629. The van der Waals surface area contributed by atoms with Gasteiger partial charge in [0.2, 0.25) is 0 Å². The lowest BCUT2D eigenvalue weighted by atomic mass is 10.0. The summed E-state index contributed by atoms with van der Waals surface area (Å²) in [4.78, 5) is 5.87. The van der Waals surface area contributed by atoms with Gasteiger partial charge in [-0.05, 0) is 34.5 Å². The SMILES string of the molecule is CCN1CCN([C@@H](c2ccccc2F)c2nnnn2Cc2cccs2)CC1. The highest BCUT2D eigenvalue weighted by Gasteiger charge is 2.32. The topological polar surface area (TPSA) is 50.1 Å². The number of hydrogen-bond donors (Lipinski definition) is 0. The van der Waals surface area contributed by atoms with Crippen molar-refractivity contribution in [1.82, 2.24) is 30.0 Å². The molecular formula is C19H23FN6S. The largest absolute Gasteiger partial charge is 0.301 e. The van der Waals surface area contributed by atoms with Crippen LogP contribution in [0.25, 0.3) is 0 Å². The maximum atomic E-state index is 14.7. The van der Waals surface area contributed by atoms with E-state index in [0.29, 0.717) is 17.9 Å². The van der Waals surface area contributed by atoms with Gasteiger partial charge in [-0.2, -0.15) is 0 Å². The van der Waals surface area contributed by atoms with Crippen LogP contribution in [0.15, 0.2) is 41.8 Å². The van der Waals surface area contributed by atoms with Gasteiger partial charge in [-0.3, -0.25) is 4.90 Å². The van der Waals surface area contributed by atoms with Gasteiger partial charge in [-0.1, -0.05) is 31.2 Å². The first-order chi connectivity index (χ1) is 13.3. The van der Waals surface area contributed by atoms with Crippen LogP contribution in [-0.4, -0.2) is 62.7 Å². The van der Waals surface area contributed by atoms with E-state index in [2.05, 4.69) is 38.3 Å². The van der Waals surface area contributed by atoms with Crippen LogP contribution in [0.2, 0.25) is 0 Å². The summed E-state index contributed by atoms with van der Waals surface area (Å²) in [6.07, 6.45) is 0. The van der Waals surface area contributed by atoms with Crippen LogP contribution in [-0.2, 0) is 6.54 Å². The number of rotatable bonds is 6. The summed E-state index contributed by atoms with van der Waals surface area (Å²) in [5, 5.41) is 14.5. The number of tetrazole rings is 1. The highest BCUT2D eigenvalue weighted by molar-refractivity contribution is 7.09. The molecule has 1 aliphatic heterocycles. The van der Waals surface area contributed by atoms with E-state index in [0.717, 1.165) is 32.7 Å². The minimum Gasteiger partial charge on any atom is -0.301 e. The molecule has 4 rings (SSSR count). The molecular weight excluding hydrogens is 363 g/mol. The molecule has 0 N–H and O–H groups in total. The predicted molar refractivity (Wildman–Crippen MR) is 103 cm³/mol. The number of aromatic nitrogens is 4. The first-order valence-electron chi connectivity index (χ1n) is 9.25. The molecule has 1 atom stereocenters. The second kappa shape index (κ2) is 8.24. The average Bonchev–Trinajstić information content (AvgIpc) is 3.37. The molecule has 1 aromatic carbocycles. The fraction of sp³-hybridized carbons (Fsp3) is 0.421. The second-order valence-electron chi connectivity index (χ2n) is 6.67. The van der Waals surface area contributed by atoms with E-state index >= 15 is 0 Å². The van der Waals surface area contributed by atoms with Crippen molar-refractivity contribution < 1.29 is 4.39 Å². The summed E-state index contributed by atoms with van der Waals surface area (Å²) in [6.45, 7) is 7.46. The summed E-state index contributed by atoms with van der Waals surface area (Å²) in [6, 6.07) is 10.7. The number of thiophene rings is 1. The molecule has 0 aliphatic carbocycles. The van der Waals surface area contributed by atoms with Gasteiger partial charge in [0.1, 0.15) is 11.9 Å². The molecule has 2 aromatic heterocycles. The maximum Gasteiger partial charge on any atom is 0.173 e. The highest BCUT2D eigenvalue weighted by atomic mass is 32.1. The fourth-order valence-electron chi connectivity index (χ4n) is 3.60. The molecule has 27 heavy (non-hydrogen) atoms. The smallest absolute Gasteiger partial charge is 0.173 e. The van der Waals surface area contributed by atoms with E-state index in [9.17, 15) is 4.39 Å². The van der Waals surface area contributed by atoms with Crippen molar-refractivity contribution in [3.05, 3.63) is 63.9 Å². The molecule has 0 amide bonds. The monoisotopic (exact) mass is 386 g/mol. The van der Waals surface area contributed by atoms with Gasteiger partial charge in [0.15, 0.2) is 5.82 Å². The third-order valence-corrected chi connectivity index (χ3v) is 5.97. The highest BCUT2D eigenvalue weighted by Crippen LogP contribution is 2.30. The summed E-state index contributed by atoms with van der Waals surface area (Å²) >= 11 is 1.67. The Balaban J connectivity index is 1.69. The van der Waals surface area contributed by atoms with Crippen LogP contribution >= 0.6 is 11.3 Å². The van der Waals surface area contributed by atoms with Gasteiger partial charge in [0.25, 0.3) is 0 Å². The van der Waals surface area contributed by atoms with Crippen molar-refractivity contribution in [2.75, 3.05) is 32.7 Å². The van der Waals surface area contributed by atoms with Gasteiger partial charge in [-0.25, -0.2) is 9.07 Å². The van der Waals surface area contributed by atoms with Crippen LogP contribution in [0, 0.1) is 5.82 Å².